The Hall–Kier alpha value is -1.58. The molecule has 1 aromatic carbocycles. The van der Waals surface area contributed by atoms with Gasteiger partial charge in [0.15, 0.2) is 0 Å². The third-order valence-corrected chi connectivity index (χ3v) is 3.85. The van der Waals surface area contributed by atoms with E-state index in [9.17, 15) is 0 Å². The van der Waals surface area contributed by atoms with Gasteiger partial charge in [-0.1, -0.05) is 43.7 Å². The maximum atomic E-state index is 5.90. The second-order valence-corrected chi connectivity index (χ2v) is 5.85. The van der Waals surface area contributed by atoms with Crippen LogP contribution in [0, 0.1) is 0 Å². The van der Waals surface area contributed by atoms with Crippen LogP contribution >= 0.6 is 0 Å². The summed E-state index contributed by atoms with van der Waals surface area (Å²) < 4.78 is 11.0. The van der Waals surface area contributed by atoms with Crippen LogP contribution < -0.4 is 4.74 Å². The van der Waals surface area contributed by atoms with Crippen molar-refractivity contribution in [3.8, 4) is 5.75 Å². The van der Waals surface area contributed by atoms with Crippen LogP contribution in [0.2, 0.25) is 0 Å². The fraction of sp³-hybridized carbons (Fsp3) is 0.524. The monoisotopic (exact) mass is 331 g/mol. The molecule has 2 rings (SSSR count). The highest BCUT2D eigenvalue weighted by molar-refractivity contribution is 5.61. The standard InChI is InChI=1S/C19H27NO2.C2H6/c1-16-6-4-7-17-15-19(9-8-18(17)14-16)22-13-11-20(2)10-5-12-21-3;1-2/h4,6,8-9,14-15H,5,7,10-13H2,1-3H3;1-2H3. The lowest BCUT2D eigenvalue weighted by Gasteiger charge is -2.17. The van der Waals surface area contributed by atoms with E-state index in [1.807, 2.05) is 13.8 Å². The molecule has 0 aliphatic heterocycles. The van der Waals surface area contributed by atoms with Gasteiger partial charge < -0.3 is 14.4 Å². The van der Waals surface area contributed by atoms with Crippen molar-refractivity contribution in [2.45, 2.75) is 33.6 Å². The highest BCUT2D eigenvalue weighted by atomic mass is 16.5. The Morgan fingerprint density at radius 2 is 1.92 bits per heavy atom. The lowest BCUT2D eigenvalue weighted by atomic mass is 10.0. The molecule has 0 saturated carbocycles. The third-order valence-electron chi connectivity index (χ3n) is 3.85. The number of likely N-dealkylation sites (N-methyl/N-ethyl adjacent to an activating group) is 1. The molecule has 0 aromatic heterocycles. The predicted molar refractivity (Wildman–Crippen MR) is 104 cm³/mol. The van der Waals surface area contributed by atoms with E-state index in [0.29, 0.717) is 6.61 Å². The van der Waals surface area contributed by atoms with E-state index in [1.165, 1.54) is 16.7 Å². The van der Waals surface area contributed by atoms with Crippen LogP contribution in [0.1, 0.15) is 38.3 Å². The van der Waals surface area contributed by atoms with E-state index in [1.54, 1.807) is 7.11 Å². The number of benzene rings is 1. The molecular formula is C21H33NO2. The molecule has 0 heterocycles. The van der Waals surface area contributed by atoms with Gasteiger partial charge in [0.2, 0.25) is 0 Å². The number of methoxy groups -OCH3 is 1. The number of allylic oxidation sites excluding steroid dienone is 3. The van der Waals surface area contributed by atoms with E-state index < -0.39 is 0 Å². The van der Waals surface area contributed by atoms with Crippen LogP contribution in [-0.4, -0.2) is 45.4 Å². The minimum atomic E-state index is 0.715. The van der Waals surface area contributed by atoms with E-state index in [-0.39, 0.29) is 0 Å². The summed E-state index contributed by atoms with van der Waals surface area (Å²) in [5, 5.41) is 0. The number of hydrogen-bond acceptors (Lipinski definition) is 3. The fourth-order valence-electron chi connectivity index (χ4n) is 2.56. The van der Waals surface area contributed by atoms with Crippen LogP contribution in [0.25, 0.3) is 6.08 Å². The van der Waals surface area contributed by atoms with Crippen LogP contribution in [0.4, 0.5) is 0 Å². The van der Waals surface area contributed by atoms with Crippen molar-refractivity contribution in [3.05, 3.63) is 47.1 Å². The SMILES string of the molecule is CC.COCCCN(C)CCOc1ccc2c(c1)CC=CC(C)=C2. The molecule has 3 nitrogen and oxygen atoms in total. The fourth-order valence-corrected chi connectivity index (χ4v) is 2.56. The first-order chi connectivity index (χ1) is 11.7. The molecule has 0 unspecified atom stereocenters. The normalized spacial score (nSPS) is 12.8. The number of nitrogens with zero attached hydrogens (tertiary/aromatic N) is 1. The van der Waals surface area contributed by atoms with E-state index in [2.05, 4.69) is 55.3 Å². The first-order valence-corrected chi connectivity index (χ1v) is 8.97. The van der Waals surface area contributed by atoms with Gasteiger partial charge in [0, 0.05) is 26.8 Å². The average molecular weight is 332 g/mol. The number of ether oxygens (including phenoxy) is 2. The average Bonchev–Trinajstić information content (AvgIpc) is 2.77. The summed E-state index contributed by atoms with van der Waals surface area (Å²) in [6, 6.07) is 6.39. The molecule has 3 heteroatoms. The molecule has 0 N–H and O–H groups in total. The van der Waals surface area contributed by atoms with Gasteiger partial charge in [-0.3, -0.25) is 0 Å². The first-order valence-electron chi connectivity index (χ1n) is 8.97. The summed E-state index contributed by atoms with van der Waals surface area (Å²) >= 11 is 0. The summed E-state index contributed by atoms with van der Waals surface area (Å²) in [4.78, 5) is 2.28. The molecule has 134 valence electrons. The Balaban J connectivity index is 0.00000139. The molecule has 0 fully saturated rings. The molecule has 0 saturated heterocycles. The summed E-state index contributed by atoms with van der Waals surface area (Å²) in [5.41, 5.74) is 3.93. The minimum absolute atomic E-state index is 0.715. The largest absolute Gasteiger partial charge is 0.492 e. The molecule has 1 aromatic rings. The lowest BCUT2D eigenvalue weighted by Crippen LogP contribution is -2.26. The van der Waals surface area contributed by atoms with E-state index in [4.69, 9.17) is 9.47 Å². The van der Waals surface area contributed by atoms with Crippen molar-refractivity contribution in [2.75, 3.05) is 40.5 Å². The number of hydrogen-bond donors (Lipinski definition) is 0. The molecular weight excluding hydrogens is 298 g/mol. The number of fused-ring (bicyclic) bond motifs is 1. The van der Waals surface area contributed by atoms with Gasteiger partial charge in [-0.05, 0) is 50.1 Å². The highest BCUT2D eigenvalue weighted by Crippen LogP contribution is 2.23. The van der Waals surface area contributed by atoms with Gasteiger partial charge >= 0.3 is 0 Å². The van der Waals surface area contributed by atoms with Crippen molar-refractivity contribution in [1.82, 2.24) is 4.90 Å². The van der Waals surface area contributed by atoms with Gasteiger partial charge in [0.25, 0.3) is 0 Å². The summed E-state index contributed by atoms with van der Waals surface area (Å²) in [6.07, 6.45) is 8.65. The maximum Gasteiger partial charge on any atom is 0.119 e. The Morgan fingerprint density at radius 3 is 2.67 bits per heavy atom. The van der Waals surface area contributed by atoms with Crippen LogP contribution in [-0.2, 0) is 11.2 Å². The van der Waals surface area contributed by atoms with E-state index in [0.717, 1.165) is 38.3 Å². The molecule has 1 aliphatic rings. The molecule has 0 radical (unpaired) electrons. The third kappa shape index (κ3) is 7.33. The second-order valence-electron chi connectivity index (χ2n) is 5.85. The quantitative estimate of drug-likeness (QED) is 0.651. The molecule has 0 spiro atoms. The Labute approximate surface area is 148 Å². The van der Waals surface area contributed by atoms with Crippen LogP contribution in [0.3, 0.4) is 0 Å². The molecule has 0 amide bonds. The minimum Gasteiger partial charge on any atom is -0.492 e. The number of rotatable bonds is 8. The molecule has 24 heavy (non-hydrogen) atoms. The summed E-state index contributed by atoms with van der Waals surface area (Å²) in [5.74, 6) is 0.963. The van der Waals surface area contributed by atoms with Gasteiger partial charge in [0.1, 0.15) is 12.4 Å². The van der Waals surface area contributed by atoms with Crippen molar-refractivity contribution >= 4 is 6.08 Å². The Kier molecular flexibility index (Phi) is 10.1. The first kappa shape index (κ1) is 20.5. The predicted octanol–water partition coefficient (Wildman–Crippen LogP) is 4.58. The van der Waals surface area contributed by atoms with Crippen LogP contribution in [0.5, 0.6) is 5.75 Å². The summed E-state index contributed by atoms with van der Waals surface area (Å²) in [6.45, 7) is 9.63. The van der Waals surface area contributed by atoms with Crippen molar-refractivity contribution in [3.63, 3.8) is 0 Å². The van der Waals surface area contributed by atoms with Gasteiger partial charge in [-0.15, -0.1) is 0 Å². The van der Waals surface area contributed by atoms with Crippen molar-refractivity contribution in [2.24, 2.45) is 0 Å². The Morgan fingerprint density at radius 1 is 1.12 bits per heavy atom. The highest BCUT2D eigenvalue weighted by Gasteiger charge is 2.05. The smallest absolute Gasteiger partial charge is 0.119 e. The van der Waals surface area contributed by atoms with Gasteiger partial charge in [-0.25, -0.2) is 0 Å². The van der Waals surface area contributed by atoms with Gasteiger partial charge in [0.05, 0.1) is 0 Å². The molecule has 1 aliphatic carbocycles. The second kappa shape index (κ2) is 11.9. The topological polar surface area (TPSA) is 21.7 Å². The zero-order valence-corrected chi connectivity index (χ0v) is 16.0. The van der Waals surface area contributed by atoms with Gasteiger partial charge in [-0.2, -0.15) is 0 Å². The molecule has 0 bridgehead atoms. The zero-order valence-electron chi connectivity index (χ0n) is 16.0. The van der Waals surface area contributed by atoms with E-state index >= 15 is 0 Å². The molecule has 0 atom stereocenters. The lowest BCUT2D eigenvalue weighted by molar-refractivity contribution is 0.172. The van der Waals surface area contributed by atoms with Crippen LogP contribution in [0.15, 0.2) is 35.9 Å². The maximum absolute atomic E-state index is 5.90. The zero-order chi connectivity index (χ0) is 17.8. The Bertz CT molecular complexity index is 535. The van der Waals surface area contributed by atoms with Crippen molar-refractivity contribution < 1.29 is 9.47 Å². The van der Waals surface area contributed by atoms with Crippen molar-refractivity contribution in [1.29, 1.82) is 0 Å². The summed E-state index contributed by atoms with van der Waals surface area (Å²) in [7, 11) is 3.86.